The second-order valence-electron chi connectivity index (χ2n) is 5.81. The maximum atomic E-state index is 12.1. The summed E-state index contributed by atoms with van der Waals surface area (Å²) in [4.78, 5) is 12.1. The molecule has 0 spiro atoms. The lowest BCUT2D eigenvalue weighted by molar-refractivity contribution is 0.458. The number of unbranched alkanes of at least 4 members (excludes halogenated alkanes) is 1. The predicted octanol–water partition coefficient (Wildman–Crippen LogP) is 4.43. The summed E-state index contributed by atoms with van der Waals surface area (Å²) in [6, 6.07) is 15.2. The summed E-state index contributed by atoms with van der Waals surface area (Å²) in [6.07, 6.45) is 3.79. The molecular weight excluding hydrogens is 288 g/mol. The van der Waals surface area contributed by atoms with Gasteiger partial charge in [0.2, 0.25) is 0 Å². The minimum Gasteiger partial charge on any atom is -0.507 e. The predicted molar refractivity (Wildman–Crippen MR) is 92.0 cm³/mol. The van der Waals surface area contributed by atoms with Gasteiger partial charge in [-0.05, 0) is 36.1 Å². The Kier molecular flexibility index (Phi) is 4.47. The number of para-hydroxylation sites is 1. The number of aromatic hydroxyl groups is 1. The number of aryl methyl sites for hydroxylation is 1. The molecule has 0 aliphatic rings. The van der Waals surface area contributed by atoms with Gasteiger partial charge in [-0.1, -0.05) is 49.7 Å². The number of rotatable bonds is 5. The lowest BCUT2D eigenvalue weighted by Gasteiger charge is -2.07. The van der Waals surface area contributed by atoms with Crippen molar-refractivity contribution in [1.29, 1.82) is 0 Å². The van der Waals surface area contributed by atoms with E-state index in [4.69, 9.17) is 4.42 Å². The highest BCUT2D eigenvalue weighted by Crippen LogP contribution is 2.27. The zero-order chi connectivity index (χ0) is 16.2. The van der Waals surface area contributed by atoms with Gasteiger partial charge >= 0.3 is 5.63 Å². The molecule has 0 radical (unpaired) electrons. The third-order valence-electron chi connectivity index (χ3n) is 4.10. The highest BCUT2D eigenvalue weighted by Gasteiger charge is 2.14. The van der Waals surface area contributed by atoms with Crippen LogP contribution >= 0.6 is 0 Å². The van der Waals surface area contributed by atoms with Crippen LogP contribution < -0.4 is 5.63 Å². The van der Waals surface area contributed by atoms with E-state index >= 15 is 0 Å². The summed E-state index contributed by atoms with van der Waals surface area (Å²) >= 11 is 0. The molecule has 0 atom stereocenters. The Morgan fingerprint density at radius 1 is 1.00 bits per heavy atom. The molecule has 1 heterocycles. The van der Waals surface area contributed by atoms with E-state index in [2.05, 4.69) is 19.1 Å². The van der Waals surface area contributed by atoms with Gasteiger partial charge in [0.25, 0.3) is 0 Å². The van der Waals surface area contributed by atoms with Crippen molar-refractivity contribution >= 4 is 11.0 Å². The third kappa shape index (κ3) is 3.29. The molecule has 0 saturated heterocycles. The Balaban J connectivity index is 1.91. The quantitative estimate of drug-likeness (QED) is 0.709. The van der Waals surface area contributed by atoms with Crippen molar-refractivity contribution in [1.82, 2.24) is 0 Å². The van der Waals surface area contributed by atoms with Crippen LogP contribution in [0.3, 0.4) is 0 Å². The van der Waals surface area contributed by atoms with Crippen molar-refractivity contribution in [2.45, 2.75) is 32.6 Å². The molecule has 118 valence electrons. The lowest BCUT2D eigenvalue weighted by Crippen LogP contribution is -2.08. The smallest absolute Gasteiger partial charge is 0.343 e. The first-order valence-corrected chi connectivity index (χ1v) is 8.00. The zero-order valence-electron chi connectivity index (χ0n) is 13.2. The van der Waals surface area contributed by atoms with Crippen LogP contribution in [0.4, 0.5) is 0 Å². The van der Waals surface area contributed by atoms with Crippen molar-refractivity contribution in [2.75, 3.05) is 0 Å². The minimum atomic E-state index is -0.476. The average molecular weight is 308 g/mol. The van der Waals surface area contributed by atoms with Crippen molar-refractivity contribution in [2.24, 2.45) is 0 Å². The summed E-state index contributed by atoms with van der Waals surface area (Å²) in [5, 5.41) is 11.0. The van der Waals surface area contributed by atoms with E-state index < -0.39 is 5.63 Å². The summed E-state index contributed by atoms with van der Waals surface area (Å²) < 4.78 is 5.31. The average Bonchev–Trinajstić information content (AvgIpc) is 2.58. The molecule has 0 aliphatic heterocycles. The molecule has 3 nitrogen and oxygen atoms in total. The van der Waals surface area contributed by atoms with Crippen molar-refractivity contribution in [3.8, 4) is 5.75 Å². The van der Waals surface area contributed by atoms with E-state index in [0.29, 0.717) is 23.0 Å². The number of benzene rings is 2. The molecule has 0 unspecified atom stereocenters. The summed E-state index contributed by atoms with van der Waals surface area (Å²) in [5.74, 6) is 0.0203. The largest absolute Gasteiger partial charge is 0.507 e. The maximum absolute atomic E-state index is 12.1. The molecule has 0 saturated carbocycles. The van der Waals surface area contributed by atoms with Crippen LogP contribution in [0.2, 0.25) is 0 Å². The van der Waals surface area contributed by atoms with Gasteiger partial charge in [0.1, 0.15) is 11.3 Å². The summed E-state index contributed by atoms with van der Waals surface area (Å²) in [7, 11) is 0. The van der Waals surface area contributed by atoms with Gasteiger partial charge < -0.3 is 9.52 Å². The van der Waals surface area contributed by atoms with E-state index in [0.717, 1.165) is 12.0 Å². The molecule has 3 heteroatoms. The van der Waals surface area contributed by atoms with Gasteiger partial charge in [0, 0.05) is 6.42 Å². The number of hydrogen-bond donors (Lipinski definition) is 1. The third-order valence-corrected chi connectivity index (χ3v) is 4.10. The Hall–Kier alpha value is -2.55. The molecule has 23 heavy (non-hydrogen) atoms. The number of hydrogen-bond acceptors (Lipinski definition) is 3. The van der Waals surface area contributed by atoms with E-state index in [1.54, 1.807) is 18.2 Å². The molecule has 0 bridgehead atoms. The first kappa shape index (κ1) is 15.3. The fourth-order valence-corrected chi connectivity index (χ4v) is 2.74. The second kappa shape index (κ2) is 6.69. The summed E-state index contributed by atoms with van der Waals surface area (Å²) in [6.45, 7) is 2.18. The molecule has 0 amide bonds. The van der Waals surface area contributed by atoms with Gasteiger partial charge in [-0.25, -0.2) is 4.79 Å². The maximum Gasteiger partial charge on any atom is 0.343 e. The topological polar surface area (TPSA) is 50.4 Å². The van der Waals surface area contributed by atoms with E-state index in [1.807, 2.05) is 18.2 Å². The molecule has 1 N–H and O–H groups in total. The molecule has 3 rings (SSSR count). The Bertz CT molecular complexity index is 860. The Morgan fingerprint density at radius 2 is 1.70 bits per heavy atom. The Morgan fingerprint density at radius 3 is 2.43 bits per heavy atom. The van der Waals surface area contributed by atoms with Crippen LogP contribution in [0.1, 0.15) is 36.5 Å². The van der Waals surface area contributed by atoms with Gasteiger partial charge in [-0.2, -0.15) is 0 Å². The second-order valence-corrected chi connectivity index (χ2v) is 5.81. The van der Waals surface area contributed by atoms with Crippen LogP contribution in [-0.4, -0.2) is 5.11 Å². The van der Waals surface area contributed by atoms with Gasteiger partial charge in [-0.15, -0.1) is 0 Å². The first-order valence-electron chi connectivity index (χ1n) is 8.00. The molecule has 0 fully saturated rings. The fourth-order valence-electron chi connectivity index (χ4n) is 2.74. The van der Waals surface area contributed by atoms with Crippen LogP contribution in [0.15, 0.2) is 57.7 Å². The van der Waals surface area contributed by atoms with Gasteiger partial charge in [0.05, 0.1) is 10.9 Å². The van der Waals surface area contributed by atoms with Crippen molar-refractivity contribution in [3.05, 3.63) is 75.6 Å². The van der Waals surface area contributed by atoms with E-state index in [9.17, 15) is 9.90 Å². The molecule has 0 aliphatic carbocycles. The van der Waals surface area contributed by atoms with E-state index in [-0.39, 0.29) is 5.75 Å². The van der Waals surface area contributed by atoms with Crippen LogP contribution in [0.25, 0.3) is 11.0 Å². The SMILES string of the molecule is CCCCc1ccc(Cc2c(O)c3ccccc3oc2=O)cc1. The van der Waals surface area contributed by atoms with E-state index in [1.165, 1.54) is 18.4 Å². The number of fused-ring (bicyclic) bond motifs is 1. The first-order chi connectivity index (χ1) is 11.2. The highest BCUT2D eigenvalue weighted by atomic mass is 16.4. The van der Waals surface area contributed by atoms with Crippen LogP contribution in [0, 0.1) is 0 Å². The fraction of sp³-hybridized carbons (Fsp3) is 0.250. The lowest BCUT2D eigenvalue weighted by atomic mass is 10.0. The van der Waals surface area contributed by atoms with Gasteiger partial charge in [-0.3, -0.25) is 0 Å². The molecule has 1 aromatic heterocycles. The molecule has 2 aromatic carbocycles. The molecule has 3 aromatic rings. The molecular formula is C20H20O3. The zero-order valence-corrected chi connectivity index (χ0v) is 13.2. The van der Waals surface area contributed by atoms with Crippen molar-refractivity contribution < 1.29 is 9.52 Å². The van der Waals surface area contributed by atoms with Crippen molar-refractivity contribution in [3.63, 3.8) is 0 Å². The monoisotopic (exact) mass is 308 g/mol. The van der Waals surface area contributed by atoms with Crippen LogP contribution in [-0.2, 0) is 12.8 Å². The Labute approximate surface area is 135 Å². The summed E-state index contributed by atoms with van der Waals surface area (Å²) in [5.41, 5.74) is 2.53. The van der Waals surface area contributed by atoms with Gasteiger partial charge in [0.15, 0.2) is 0 Å². The normalized spacial score (nSPS) is 11.0. The standard InChI is InChI=1S/C20H20O3/c1-2-3-6-14-9-11-15(12-10-14)13-17-19(21)16-7-4-5-8-18(16)23-20(17)22/h4-5,7-12,21H,2-3,6,13H2,1H3. The van der Waals surface area contributed by atoms with Crippen LogP contribution in [0.5, 0.6) is 5.75 Å². The highest BCUT2D eigenvalue weighted by molar-refractivity contribution is 5.84. The minimum absolute atomic E-state index is 0.0203.